The average Bonchev–Trinajstić information content (AvgIpc) is 2.98. The highest BCUT2D eigenvalue weighted by molar-refractivity contribution is 7.07. The van der Waals surface area contributed by atoms with Crippen molar-refractivity contribution in [2.45, 2.75) is 32.7 Å². The van der Waals surface area contributed by atoms with Gasteiger partial charge < -0.3 is 11.1 Å². The number of thiophene rings is 1. The number of anilines is 1. The molecule has 2 aromatic rings. The number of nitrogens with one attached hydrogen (secondary N) is 2. The van der Waals surface area contributed by atoms with Crippen LogP contribution in [0.5, 0.6) is 0 Å². The van der Waals surface area contributed by atoms with Crippen molar-refractivity contribution in [2.24, 2.45) is 0 Å². The highest BCUT2D eigenvalue weighted by atomic mass is 32.1. The average molecular weight is 278 g/mol. The van der Waals surface area contributed by atoms with Gasteiger partial charge in [-0.3, -0.25) is 9.89 Å². The number of nitrogens with two attached hydrogens (primary N) is 1. The molecule has 2 heterocycles. The van der Waals surface area contributed by atoms with Crippen LogP contribution in [0.4, 0.5) is 5.69 Å². The molecular formula is C13H18N4OS. The summed E-state index contributed by atoms with van der Waals surface area (Å²) < 4.78 is 0. The van der Waals surface area contributed by atoms with Crippen molar-refractivity contribution < 1.29 is 4.79 Å². The third-order valence-electron chi connectivity index (χ3n) is 2.95. The summed E-state index contributed by atoms with van der Waals surface area (Å²) in [6.45, 7) is 3.93. The lowest BCUT2D eigenvalue weighted by Crippen LogP contribution is -2.34. The Hall–Kier alpha value is -1.82. The van der Waals surface area contributed by atoms with E-state index < -0.39 is 0 Å². The Balaban J connectivity index is 1.98. The van der Waals surface area contributed by atoms with Gasteiger partial charge in [0.25, 0.3) is 5.91 Å². The molecule has 0 aliphatic rings. The van der Waals surface area contributed by atoms with Crippen LogP contribution in [0.25, 0.3) is 0 Å². The molecule has 0 aliphatic heterocycles. The van der Waals surface area contributed by atoms with Crippen LogP contribution < -0.4 is 11.1 Å². The molecule has 102 valence electrons. The van der Waals surface area contributed by atoms with E-state index in [1.54, 1.807) is 11.3 Å². The number of hydrogen-bond acceptors (Lipinski definition) is 4. The van der Waals surface area contributed by atoms with Crippen molar-refractivity contribution in [1.29, 1.82) is 0 Å². The molecule has 1 atom stereocenters. The fraction of sp³-hybridized carbons (Fsp3) is 0.385. The number of carbonyl (C=O) groups is 1. The van der Waals surface area contributed by atoms with Crippen LogP contribution in [0.15, 0.2) is 16.8 Å². The van der Waals surface area contributed by atoms with Gasteiger partial charge in [-0.2, -0.15) is 16.4 Å². The van der Waals surface area contributed by atoms with E-state index in [9.17, 15) is 4.79 Å². The Bertz CT molecular complexity index is 547. The topological polar surface area (TPSA) is 83.8 Å². The summed E-state index contributed by atoms with van der Waals surface area (Å²) in [7, 11) is 0. The molecule has 0 radical (unpaired) electrons. The summed E-state index contributed by atoms with van der Waals surface area (Å²) in [6.07, 6.45) is 1.54. The van der Waals surface area contributed by atoms with E-state index in [0.717, 1.165) is 18.5 Å². The molecule has 6 heteroatoms. The summed E-state index contributed by atoms with van der Waals surface area (Å²) in [5.74, 6) is -0.226. The molecule has 2 aromatic heterocycles. The molecule has 1 unspecified atom stereocenters. The number of aryl methyl sites for hydroxylation is 1. The zero-order chi connectivity index (χ0) is 13.8. The largest absolute Gasteiger partial charge is 0.395 e. The minimum atomic E-state index is -0.226. The number of nitrogens with zero attached hydrogens (tertiary/aromatic N) is 1. The molecule has 0 spiro atoms. The molecule has 0 fully saturated rings. The number of aromatic nitrogens is 2. The lowest BCUT2D eigenvalue weighted by molar-refractivity contribution is 0.0936. The summed E-state index contributed by atoms with van der Waals surface area (Å²) in [6, 6.07) is 2.11. The quantitative estimate of drug-likeness (QED) is 0.782. The zero-order valence-corrected chi connectivity index (χ0v) is 11.9. The van der Waals surface area contributed by atoms with Crippen LogP contribution in [-0.2, 0) is 12.8 Å². The summed E-state index contributed by atoms with van der Waals surface area (Å²) >= 11 is 1.66. The molecule has 19 heavy (non-hydrogen) atoms. The predicted octanol–water partition coefficient (Wildman–Crippen LogP) is 1.98. The van der Waals surface area contributed by atoms with Crippen molar-refractivity contribution in [3.63, 3.8) is 0 Å². The second-order valence-corrected chi connectivity index (χ2v) is 5.31. The molecule has 0 saturated heterocycles. The second-order valence-electron chi connectivity index (χ2n) is 4.53. The summed E-state index contributed by atoms with van der Waals surface area (Å²) in [5.41, 5.74) is 8.63. The van der Waals surface area contributed by atoms with E-state index in [0.29, 0.717) is 5.69 Å². The summed E-state index contributed by atoms with van der Waals surface area (Å²) in [4.78, 5) is 12.1. The maximum atomic E-state index is 12.1. The highest BCUT2D eigenvalue weighted by Gasteiger charge is 2.18. The van der Waals surface area contributed by atoms with Gasteiger partial charge in [0.1, 0.15) is 0 Å². The van der Waals surface area contributed by atoms with E-state index >= 15 is 0 Å². The number of rotatable bonds is 5. The van der Waals surface area contributed by atoms with Crippen molar-refractivity contribution in [3.8, 4) is 0 Å². The molecule has 5 nitrogen and oxygen atoms in total. The summed E-state index contributed by atoms with van der Waals surface area (Å²) in [5, 5.41) is 13.8. The molecule has 1 amide bonds. The van der Waals surface area contributed by atoms with Crippen molar-refractivity contribution >= 4 is 22.9 Å². The molecule has 0 saturated carbocycles. The minimum Gasteiger partial charge on any atom is -0.395 e. The van der Waals surface area contributed by atoms with Crippen LogP contribution in [0.1, 0.15) is 35.6 Å². The Morgan fingerprint density at radius 1 is 1.63 bits per heavy atom. The normalized spacial score (nSPS) is 12.3. The molecule has 0 bridgehead atoms. The van der Waals surface area contributed by atoms with E-state index in [-0.39, 0.29) is 17.6 Å². The molecule has 2 rings (SSSR count). The first kappa shape index (κ1) is 13.6. The third-order valence-corrected chi connectivity index (χ3v) is 3.68. The maximum Gasteiger partial charge on any atom is 0.274 e. The van der Waals surface area contributed by atoms with Gasteiger partial charge in [0, 0.05) is 6.04 Å². The first-order valence-electron chi connectivity index (χ1n) is 6.26. The van der Waals surface area contributed by atoms with Gasteiger partial charge in [-0.05, 0) is 42.2 Å². The van der Waals surface area contributed by atoms with Gasteiger partial charge >= 0.3 is 0 Å². The Labute approximate surface area is 116 Å². The van der Waals surface area contributed by atoms with Gasteiger partial charge in [0.05, 0.1) is 11.4 Å². The van der Waals surface area contributed by atoms with Crippen LogP contribution >= 0.6 is 11.3 Å². The molecular weight excluding hydrogens is 260 g/mol. The Morgan fingerprint density at radius 2 is 2.42 bits per heavy atom. The Kier molecular flexibility index (Phi) is 4.21. The fourth-order valence-electron chi connectivity index (χ4n) is 1.93. The number of aromatic amines is 1. The van der Waals surface area contributed by atoms with Gasteiger partial charge in [-0.1, -0.05) is 6.92 Å². The van der Waals surface area contributed by atoms with Crippen LogP contribution in [0, 0.1) is 0 Å². The first-order valence-corrected chi connectivity index (χ1v) is 7.20. The third kappa shape index (κ3) is 3.14. The second kappa shape index (κ2) is 5.88. The van der Waals surface area contributed by atoms with Crippen LogP contribution in [0.3, 0.4) is 0 Å². The van der Waals surface area contributed by atoms with Gasteiger partial charge in [-0.25, -0.2) is 0 Å². The van der Waals surface area contributed by atoms with Crippen LogP contribution in [0.2, 0.25) is 0 Å². The van der Waals surface area contributed by atoms with Gasteiger partial charge in [0.2, 0.25) is 0 Å². The minimum absolute atomic E-state index is 0.0447. The van der Waals surface area contributed by atoms with E-state index in [1.165, 1.54) is 5.56 Å². The van der Waals surface area contributed by atoms with Gasteiger partial charge in [0.15, 0.2) is 5.69 Å². The highest BCUT2D eigenvalue weighted by Crippen LogP contribution is 2.15. The van der Waals surface area contributed by atoms with Crippen molar-refractivity contribution in [1.82, 2.24) is 15.5 Å². The number of carbonyl (C=O) groups excluding carboxylic acids is 1. The van der Waals surface area contributed by atoms with E-state index in [1.807, 2.05) is 19.2 Å². The smallest absolute Gasteiger partial charge is 0.274 e. The van der Waals surface area contributed by atoms with Crippen molar-refractivity contribution in [2.75, 3.05) is 5.73 Å². The number of hydrogen-bond donors (Lipinski definition) is 3. The number of nitrogen functional groups attached to an aromatic ring is 1. The molecule has 0 aromatic carbocycles. The first-order chi connectivity index (χ1) is 9.11. The Morgan fingerprint density at radius 3 is 3.00 bits per heavy atom. The number of H-pyrrole nitrogens is 1. The SMILES string of the molecule is CCc1[nH]nc(C(=O)NC(C)Cc2ccsc2)c1N. The maximum absolute atomic E-state index is 12.1. The van der Waals surface area contributed by atoms with E-state index in [4.69, 9.17) is 5.73 Å². The predicted molar refractivity (Wildman–Crippen MR) is 77.3 cm³/mol. The van der Waals surface area contributed by atoms with E-state index in [2.05, 4.69) is 27.0 Å². The standard InChI is InChI=1S/C13H18N4OS/c1-3-10-11(14)12(17-16-10)13(18)15-8(2)6-9-4-5-19-7-9/h4-5,7-8H,3,6,14H2,1-2H3,(H,15,18)(H,16,17). The van der Waals surface area contributed by atoms with Crippen LogP contribution in [-0.4, -0.2) is 22.1 Å². The monoisotopic (exact) mass is 278 g/mol. The lowest BCUT2D eigenvalue weighted by atomic mass is 10.1. The number of amides is 1. The zero-order valence-electron chi connectivity index (χ0n) is 11.1. The molecule has 4 N–H and O–H groups in total. The van der Waals surface area contributed by atoms with Crippen molar-refractivity contribution in [3.05, 3.63) is 33.8 Å². The fourth-order valence-corrected chi connectivity index (χ4v) is 2.62. The lowest BCUT2D eigenvalue weighted by Gasteiger charge is -2.12. The van der Waals surface area contributed by atoms with Gasteiger partial charge in [-0.15, -0.1) is 0 Å². The molecule has 0 aliphatic carbocycles.